The second-order valence-electron chi connectivity index (χ2n) is 4.10. The summed E-state index contributed by atoms with van der Waals surface area (Å²) in [6, 6.07) is 11.0. The molecule has 0 aromatic heterocycles. The average molecular weight is 262 g/mol. The Morgan fingerprint density at radius 3 is 2.11 bits per heavy atom. The van der Waals surface area contributed by atoms with Crippen LogP contribution in [-0.4, -0.2) is 19.3 Å². The quantitative estimate of drug-likeness (QED) is 0.920. The monoisotopic (exact) mass is 262 g/mol. The van der Waals surface area contributed by atoms with Gasteiger partial charge in [0.15, 0.2) is 0 Å². The third-order valence-electron chi connectivity index (χ3n) is 2.85. The third kappa shape index (κ3) is 3.03. The number of benzene rings is 2. The predicted molar refractivity (Wildman–Crippen MR) is 70.0 cm³/mol. The maximum atomic E-state index is 13.2. The molecule has 0 aliphatic heterocycles. The number of methoxy groups -OCH3 is 2. The predicted octanol–water partition coefficient (Wildman–Crippen LogP) is 2.92. The van der Waals surface area contributed by atoms with Crippen molar-refractivity contribution < 1.29 is 19.0 Å². The summed E-state index contributed by atoms with van der Waals surface area (Å²) in [5, 5.41) is 10.3. The maximum absolute atomic E-state index is 13.2. The van der Waals surface area contributed by atoms with Crippen LogP contribution in [0.3, 0.4) is 0 Å². The van der Waals surface area contributed by atoms with Crippen LogP contribution in [-0.2, 0) is 0 Å². The first-order valence-corrected chi connectivity index (χ1v) is 5.80. The van der Waals surface area contributed by atoms with Crippen molar-refractivity contribution >= 4 is 0 Å². The molecule has 2 rings (SSSR count). The van der Waals surface area contributed by atoms with Gasteiger partial charge in [-0.3, -0.25) is 0 Å². The number of rotatable bonds is 4. The van der Waals surface area contributed by atoms with Gasteiger partial charge in [0.05, 0.1) is 14.2 Å². The molecule has 3 nitrogen and oxygen atoms in total. The molecule has 0 spiro atoms. The van der Waals surface area contributed by atoms with E-state index in [1.807, 2.05) is 0 Å². The van der Waals surface area contributed by atoms with Crippen LogP contribution in [0.4, 0.5) is 4.39 Å². The zero-order chi connectivity index (χ0) is 13.8. The Hall–Kier alpha value is -2.07. The van der Waals surface area contributed by atoms with E-state index in [0.717, 1.165) is 0 Å². The van der Waals surface area contributed by atoms with E-state index in [1.54, 1.807) is 30.3 Å². The Morgan fingerprint density at radius 2 is 1.58 bits per heavy atom. The highest BCUT2D eigenvalue weighted by Gasteiger charge is 2.13. The van der Waals surface area contributed by atoms with Gasteiger partial charge in [-0.2, -0.15) is 0 Å². The second-order valence-corrected chi connectivity index (χ2v) is 4.10. The first-order chi connectivity index (χ1) is 9.13. The van der Waals surface area contributed by atoms with Crippen molar-refractivity contribution in [2.75, 3.05) is 14.2 Å². The lowest BCUT2D eigenvalue weighted by Gasteiger charge is -2.14. The van der Waals surface area contributed by atoms with E-state index in [-0.39, 0.29) is 5.82 Å². The molecule has 0 bridgehead atoms. The van der Waals surface area contributed by atoms with Crippen molar-refractivity contribution in [3.8, 4) is 11.5 Å². The van der Waals surface area contributed by atoms with Gasteiger partial charge in [0.25, 0.3) is 0 Å². The van der Waals surface area contributed by atoms with Gasteiger partial charge in [0, 0.05) is 6.07 Å². The highest BCUT2D eigenvalue weighted by Crippen LogP contribution is 2.30. The molecule has 19 heavy (non-hydrogen) atoms. The van der Waals surface area contributed by atoms with Gasteiger partial charge in [-0.1, -0.05) is 12.1 Å². The molecule has 1 atom stereocenters. The molecule has 0 heterocycles. The van der Waals surface area contributed by atoms with E-state index < -0.39 is 6.10 Å². The molecule has 2 aromatic rings. The summed E-state index contributed by atoms with van der Waals surface area (Å²) in [5.41, 5.74) is 1.07. The molecule has 0 radical (unpaired) electrons. The maximum Gasteiger partial charge on any atom is 0.123 e. The van der Waals surface area contributed by atoms with E-state index in [0.29, 0.717) is 22.6 Å². The van der Waals surface area contributed by atoms with Crippen molar-refractivity contribution in [2.24, 2.45) is 0 Å². The summed E-state index contributed by atoms with van der Waals surface area (Å²) >= 11 is 0. The lowest BCUT2D eigenvalue weighted by atomic mass is 10.0. The van der Waals surface area contributed by atoms with Crippen LogP contribution in [0.25, 0.3) is 0 Å². The van der Waals surface area contributed by atoms with Gasteiger partial charge in [-0.05, 0) is 35.4 Å². The van der Waals surface area contributed by atoms with E-state index in [1.165, 1.54) is 26.4 Å². The summed E-state index contributed by atoms with van der Waals surface area (Å²) in [4.78, 5) is 0. The summed E-state index contributed by atoms with van der Waals surface area (Å²) in [6.07, 6.45) is -0.931. The van der Waals surface area contributed by atoms with Crippen molar-refractivity contribution in [1.82, 2.24) is 0 Å². The molecule has 0 saturated heterocycles. The van der Waals surface area contributed by atoms with E-state index in [9.17, 15) is 9.50 Å². The van der Waals surface area contributed by atoms with Gasteiger partial charge in [0.2, 0.25) is 0 Å². The Balaban J connectivity index is 2.40. The number of aliphatic hydroxyl groups excluding tert-OH is 1. The first kappa shape index (κ1) is 13.4. The van der Waals surface area contributed by atoms with Gasteiger partial charge < -0.3 is 14.6 Å². The molecule has 2 aromatic carbocycles. The fourth-order valence-electron chi connectivity index (χ4n) is 1.86. The minimum Gasteiger partial charge on any atom is -0.497 e. The van der Waals surface area contributed by atoms with Gasteiger partial charge in [-0.15, -0.1) is 0 Å². The molecular weight excluding hydrogens is 247 g/mol. The fourth-order valence-corrected chi connectivity index (χ4v) is 1.86. The zero-order valence-corrected chi connectivity index (χ0v) is 10.8. The van der Waals surface area contributed by atoms with Crippen LogP contribution >= 0.6 is 0 Å². The van der Waals surface area contributed by atoms with Crippen LogP contribution in [0.5, 0.6) is 11.5 Å². The Bertz CT molecular complexity index is 547. The standard InChI is InChI=1S/C15H15FO3/c1-18-13-7-11(8-14(9-13)19-2)15(17)10-4-3-5-12(16)6-10/h3-9,15,17H,1-2H3. The number of halogens is 1. The molecule has 1 unspecified atom stereocenters. The SMILES string of the molecule is COc1cc(OC)cc(C(O)c2cccc(F)c2)c1. The molecule has 0 fully saturated rings. The summed E-state index contributed by atoms with van der Waals surface area (Å²) in [7, 11) is 3.07. The molecule has 0 aliphatic rings. The second kappa shape index (κ2) is 5.71. The van der Waals surface area contributed by atoms with Crippen molar-refractivity contribution in [1.29, 1.82) is 0 Å². The Morgan fingerprint density at radius 1 is 0.947 bits per heavy atom. The summed E-state index contributed by atoms with van der Waals surface area (Å²) in [5.74, 6) is 0.765. The smallest absolute Gasteiger partial charge is 0.123 e. The molecule has 0 aliphatic carbocycles. The van der Waals surface area contributed by atoms with Crippen LogP contribution < -0.4 is 9.47 Å². The number of aliphatic hydroxyl groups is 1. The summed E-state index contributed by atoms with van der Waals surface area (Å²) in [6.45, 7) is 0. The lowest BCUT2D eigenvalue weighted by molar-refractivity contribution is 0.218. The van der Waals surface area contributed by atoms with Crippen LogP contribution in [0.1, 0.15) is 17.2 Å². The topological polar surface area (TPSA) is 38.7 Å². The Labute approximate surface area is 111 Å². The van der Waals surface area contributed by atoms with E-state index in [2.05, 4.69) is 0 Å². The highest BCUT2D eigenvalue weighted by molar-refractivity contribution is 5.42. The van der Waals surface area contributed by atoms with Gasteiger partial charge >= 0.3 is 0 Å². The average Bonchev–Trinajstić information content (AvgIpc) is 2.45. The van der Waals surface area contributed by atoms with Gasteiger partial charge in [-0.25, -0.2) is 4.39 Å². The number of hydrogen-bond donors (Lipinski definition) is 1. The first-order valence-electron chi connectivity index (χ1n) is 5.80. The lowest BCUT2D eigenvalue weighted by Crippen LogP contribution is -2.01. The minimum absolute atomic E-state index is 0.383. The summed E-state index contributed by atoms with van der Waals surface area (Å²) < 4.78 is 23.5. The molecule has 0 saturated carbocycles. The molecule has 0 amide bonds. The van der Waals surface area contributed by atoms with E-state index in [4.69, 9.17) is 9.47 Å². The highest BCUT2D eigenvalue weighted by atomic mass is 19.1. The van der Waals surface area contributed by atoms with Crippen LogP contribution in [0.15, 0.2) is 42.5 Å². The number of hydrogen-bond acceptors (Lipinski definition) is 3. The fraction of sp³-hybridized carbons (Fsp3) is 0.200. The molecular formula is C15H15FO3. The van der Waals surface area contributed by atoms with E-state index >= 15 is 0 Å². The Kier molecular flexibility index (Phi) is 4.02. The zero-order valence-electron chi connectivity index (χ0n) is 10.8. The van der Waals surface area contributed by atoms with Crippen molar-refractivity contribution in [3.05, 3.63) is 59.4 Å². The normalized spacial score (nSPS) is 12.0. The van der Waals surface area contributed by atoms with Crippen molar-refractivity contribution in [3.63, 3.8) is 0 Å². The molecule has 1 N–H and O–H groups in total. The van der Waals surface area contributed by atoms with Crippen LogP contribution in [0.2, 0.25) is 0 Å². The van der Waals surface area contributed by atoms with Crippen LogP contribution in [0, 0.1) is 5.82 Å². The molecule has 4 heteroatoms. The van der Waals surface area contributed by atoms with Gasteiger partial charge in [0.1, 0.15) is 23.4 Å². The number of ether oxygens (including phenoxy) is 2. The third-order valence-corrected chi connectivity index (χ3v) is 2.85. The molecule has 100 valence electrons. The minimum atomic E-state index is -0.931. The van der Waals surface area contributed by atoms with Crippen molar-refractivity contribution in [2.45, 2.75) is 6.10 Å². The largest absolute Gasteiger partial charge is 0.497 e.